The summed E-state index contributed by atoms with van der Waals surface area (Å²) in [5.74, 6) is 2.42. The SMILES string of the molecule is CC(CNc1cc(-c2cnc(NCCO)c(C=N)c2)ncn1)c1cncc2c1OCC2. The van der Waals surface area contributed by atoms with Crippen LogP contribution in [0.25, 0.3) is 11.3 Å². The number of pyridine rings is 2. The minimum atomic E-state index is -0.00575. The highest BCUT2D eigenvalue weighted by molar-refractivity contribution is 5.86. The van der Waals surface area contributed by atoms with Gasteiger partial charge in [-0.25, -0.2) is 15.0 Å². The maximum atomic E-state index is 8.98. The number of rotatable bonds is 9. The molecule has 3 aromatic heterocycles. The first-order chi connectivity index (χ1) is 15.2. The summed E-state index contributed by atoms with van der Waals surface area (Å²) in [6.07, 6.45) is 9.09. The molecule has 3 aromatic rings. The Balaban J connectivity index is 1.48. The smallest absolute Gasteiger partial charge is 0.134 e. The average Bonchev–Trinajstić information content (AvgIpc) is 3.30. The van der Waals surface area contributed by atoms with Gasteiger partial charge in [0, 0.05) is 78.6 Å². The zero-order valence-electron chi connectivity index (χ0n) is 17.3. The minimum absolute atomic E-state index is 0.00575. The number of aromatic nitrogens is 4. The van der Waals surface area contributed by atoms with Crippen molar-refractivity contribution in [3.63, 3.8) is 0 Å². The number of fused-ring (bicyclic) bond motifs is 1. The second kappa shape index (κ2) is 9.48. The molecule has 4 rings (SSSR count). The second-order valence-electron chi connectivity index (χ2n) is 7.34. The normalized spacial score (nSPS) is 13.2. The van der Waals surface area contributed by atoms with E-state index >= 15 is 0 Å². The van der Waals surface area contributed by atoms with Gasteiger partial charge in [0.1, 0.15) is 23.7 Å². The topological polar surface area (TPSA) is 129 Å². The fraction of sp³-hybridized carbons (Fsp3) is 0.318. The quantitative estimate of drug-likeness (QED) is 0.389. The Morgan fingerprint density at radius 3 is 2.94 bits per heavy atom. The predicted octanol–water partition coefficient (Wildman–Crippen LogP) is 2.49. The van der Waals surface area contributed by atoms with Gasteiger partial charge in [0.2, 0.25) is 0 Å². The summed E-state index contributed by atoms with van der Waals surface area (Å²) in [5.41, 5.74) is 4.38. The van der Waals surface area contributed by atoms with E-state index in [1.165, 1.54) is 18.1 Å². The Labute approximate surface area is 180 Å². The number of anilines is 2. The van der Waals surface area contributed by atoms with E-state index in [1.807, 2.05) is 24.5 Å². The molecule has 0 saturated carbocycles. The molecule has 9 heteroatoms. The second-order valence-corrected chi connectivity index (χ2v) is 7.34. The molecule has 4 N–H and O–H groups in total. The van der Waals surface area contributed by atoms with Crippen molar-refractivity contribution < 1.29 is 9.84 Å². The summed E-state index contributed by atoms with van der Waals surface area (Å²) < 4.78 is 5.80. The monoisotopic (exact) mass is 419 g/mol. The molecular formula is C22H25N7O2. The molecule has 4 heterocycles. The van der Waals surface area contributed by atoms with E-state index in [-0.39, 0.29) is 12.5 Å². The Hall–Kier alpha value is -3.59. The van der Waals surface area contributed by atoms with Gasteiger partial charge in [-0.15, -0.1) is 0 Å². The van der Waals surface area contributed by atoms with Gasteiger partial charge < -0.3 is 25.9 Å². The van der Waals surface area contributed by atoms with Gasteiger partial charge in [-0.2, -0.15) is 0 Å². The maximum Gasteiger partial charge on any atom is 0.134 e. The van der Waals surface area contributed by atoms with Crippen LogP contribution in [0, 0.1) is 5.41 Å². The highest BCUT2D eigenvalue weighted by Crippen LogP contribution is 2.33. The van der Waals surface area contributed by atoms with Crippen LogP contribution in [-0.2, 0) is 6.42 Å². The molecule has 0 radical (unpaired) electrons. The van der Waals surface area contributed by atoms with Gasteiger partial charge in [-0.1, -0.05) is 6.92 Å². The molecule has 0 fully saturated rings. The molecule has 1 aliphatic rings. The number of aliphatic hydroxyl groups excluding tert-OH is 1. The van der Waals surface area contributed by atoms with Gasteiger partial charge in [-0.05, 0) is 6.07 Å². The van der Waals surface area contributed by atoms with Crippen LogP contribution in [-0.4, -0.2) is 57.6 Å². The lowest BCUT2D eigenvalue weighted by Crippen LogP contribution is -2.12. The van der Waals surface area contributed by atoms with Gasteiger partial charge in [0.25, 0.3) is 0 Å². The molecule has 1 aliphatic heterocycles. The van der Waals surface area contributed by atoms with Crippen molar-refractivity contribution in [1.82, 2.24) is 19.9 Å². The van der Waals surface area contributed by atoms with E-state index in [9.17, 15) is 0 Å². The number of nitrogens with one attached hydrogen (secondary N) is 3. The predicted molar refractivity (Wildman–Crippen MR) is 119 cm³/mol. The number of aliphatic hydroxyl groups is 1. The van der Waals surface area contributed by atoms with Crippen LogP contribution in [0.15, 0.2) is 37.1 Å². The lowest BCUT2D eigenvalue weighted by Gasteiger charge is -2.16. The summed E-state index contributed by atoms with van der Waals surface area (Å²) in [6.45, 7) is 3.88. The van der Waals surface area contributed by atoms with Crippen LogP contribution < -0.4 is 15.4 Å². The Morgan fingerprint density at radius 1 is 1.19 bits per heavy atom. The van der Waals surface area contributed by atoms with E-state index in [2.05, 4.69) is 37.5 Å². The fourth-order valence-corrected chi connectivity index (χ4v) is 3.51. The summed E-state index contributed by atoms with van der Waals surface area (Å²) in [7, 11) is 0. The van der Waals surface area contributed by atoms with E-state index in [0.29, 0.717) is 42.6 Å². The molecule has 0 spiro atoms. The standard InChI is InChI=1S/C22H25N7O2/c1-14(18-12-24-10-15-2-5-31-21(15)18)9-26-20-7-19(28-13-29-20)17-6-16(8-23)22(27-11-17)25-3-4-30/h6-8,10-14,23,30H,2-5,9H2,1H3,(H,25,27)(H,26,28,29). The number of nitrogens with zero attached hydrogens (tertiary/aromatic N) is 4. The Morgan fingerprint density at radius 2 is 2.10 bits per heavy atom. The molecule has 9 nitrogen and oxygen atoms in total. The van der Waals surface area contributed by atoms with Gasteiger partial charge >= 0.3 is 0 Å². The van der Waals surface area contributed by atoms with Crippen LogP contribution in [0.1, 0.15) is 29.5 Å². The highest BCUT2D eigenvalue weighted by Gasteiger charge is 2.20. The number of hydrogen-bond acceptors (Lipinski definition) is 9. The van der Waals surface area contributed by atoms with Crippen LogP contribution in [0.5, 0.6) is 5.75 Å². The molecule has 0 aromatic carbocycles. The molecule has 1 unspecified atom stereocenters. The molecule has 0 aliphatic carbocycles. The van der Waals surface area contributed by atoms with Crippen molar-refractivity contribution in [3.8, 4) is 17.0 Å². The zero-order valence-corrected chi connectivity index (χ0v) is 17.3. The first-order valence-corrected chi connectivity index (χ1v) is 10.2. The third-order valence-corrected chi connectivity index (χ3v) is 5.18. The van der Waals surface area contributed by atoms with E-state index < -0.39 is 0 Å². The first kappa shape index (κ1) is 20.7. The molecular weight excluding hydrogens is 394 g/mol. The van der Waals surface area contributed by atoms with Gasteiger partial charge in [-0.3, -0.25) is 4.98 Å². The van der Waals surface area contributed by atoms with E-state index in [0.717, 1.165) is 23.3 Å². The molecule has 31 heavy (non-hydrogen) atoms. The van der Waals surface area contributed by atoms with Gasteiger partial charge in [0.05, 0.1) is 18.9 Å². The van der Waals surface area contributed by atoms with Crippen molar-refractivity contribution in [3.05, 3.63) is 53.7 Å². The van der Waals surface area contributed by atoms with Crippen molar-refractivity contribution >= 4 is 17.9 Å². The van der Waals surface area contributed by atoms with E-state index in [1.54, 1.807) is 6.20 Å². The average molecular weight is 419 g/mol. The van der Waals surface area contributed by atoms with Gasteiger partial charge in [0.15, 0.2) is 0 Å². The summed E-state index contributed by atoms with van der Waals surface area (Å²) in [5, 5.41) is 23.0. The number of ether oxygens (including phenoxy) is 1. The minimum Gasteiger partial charge on any atom is -0.493 e. The van der Waals surface area contributed by atoms with Crippen LogP contribution in [0.2, 0.25) is 0 Å². The number of hydrogen-bond donors (Lipinski definition) is 4. The molecule has 0 saturated heterocycles. The zero-order chi connectivity index (χ0) is 21.6. The Kier molecular flexibility index (Phi) is 6.32. The molecule has 0 bridgehead atoms. The van der Waals surface area contributed by atoms with Crippen LogP contribution in [0.4, 0.5) is 11.6 Å². The van der Waals surface area contributed by atoms with Crippen molar-refractivity contribution in [1.29, 1.82) is 5.41 Å². The highest BCUT2D eigenvalue weighted by atomic mass is 16.5. The van der Waals surface area contributed by atoms with Crippen molar-refractivity contribution in [2.24, 2.45) is 0 Å². The molecule has 160 valence electrons. The fourth-order valence-electron chi connectivity index (χ4n) is 3.51. The van der Waals surface area contributed by atoms with E-state index in [4.69, 9.17) is 15.3 Å². The first-order valence-electron chi connectivity index (χ1n) is 10.2. The largest absolute Gasteiger partial charge is 0.493 e. The molecule has 1 atom stereocenters. The summed E-state index contributed by atoms with van der Waals surface area (Å²) >= 11 is 0. The third-order valence-electron chi connectivity index (χ3n) is 5.18. The summed E-state index contributed by atoms with van der Waals surface area (Å²) in [4.78, 5) is 17.4. The third kappa shape index (κ3) is 4.61. The Bertz CT molecular complexity index is 1070. The van der Waals surface area contributed by atoms with Crippen LogP contribution >= 0.6 is 0 Å². The lowest BCUT2D eigenvalue weighted by atomic mass is 10.00. The van der Waals surface area contributed by atoms with Crippen molar-refractivity contribution in [2.75, 3.05) is 36.9 Å². The molecule has 0 amide bonds. The van der Waals surface area contributed by atoms with Crippen molar-refractivity contribution in [2.45, 2.75) is 19.3 Å². The maximum absolute atomic E-state index is 8.98. The summed E-state index contributed by atoms with van der Waals surface area (Å²) in [6, 6.07) is 3.70. The lowest BCUT2D eigenvalue weighted by molar-refractivity contribution is 0.311. The van der Waals surface area contributed by atoms with Crippen LogP contribution in [0.3, 0.4) is 0 Å².